The Morgan fingerprint density at radius 1 is 0.480 bits per heavy atom. The van der Waals surface area contributed by atoms with E-state index < -0.39 is 36.9 Å². The van der Waals surface area contributed by atoms with Crippen molar-refractivity contribution in [2.45, 2.75) is 257 Å². The Morgan fingerprint density at radius 2 is 0.820 bits per heavy atom. The Labute approximate surface area is 311 Å². The van der Waals surface area contributed by atoms with E-state index in [0.29, 0.717) is 12.8 Å². The molecule has 0 bridgehead atoms. The molecule has 0 heterocycles. The SMILES string of the molecule is CCCC/C=C\CCCCCCC(O)C(=O)NC(CO)C(O)C(O)CCCCCCCCCCCCCCCCCCCCCCCCCC. The molecule has 0 aromatic rings. The number of hydrogen-bond acceptors (Lipinski definition) is 5. The first-order valence-corrected chi connectivity index (χ1v) is 22.1. The Morgan fingerprint density at radius 3 is 1.22 bits per heavy atom. The van der Waals surface area contributed by atoms with Gasteiger partial charge in [-0.1, -0.05) is 212 Å². The van der Waals surface area contributed by atoms with Gasteiger partial charge in [-0.05, 0) is 32.1 Å². The summed E-state index contributed by atoms with van der Waals surface area (Å²) in [4.78, 5) is 12.4. The number of unbranched alkanes of at least 4 members (excludes halogenated alkanes) is 29. The Balaban J connectivity index is 3.63. The van der Waals surface area contributed by atoms with E-state index >= 15 is 0 Å². The number of carbonyl (C=O) groups is 1. The number of amides is 1. The lowest BCUT2D eigenvalue weighted by molar-refractivity contribution is -0.132. The maximum Gasteiger partial charge on any atom is 0.249 e. The fourth-order valence-electron chi connectivity index (χ4n) is 6.91. The molecule has 0 aromatic carbocycles. The van der Waals surface area contributed by atoms with Crippen LogP contribution in [0.15, 0.2) is 12.2 Å². The van der Waals surface area contributed by atoms with Crippen LogP contribution in [0.3, 0.4) is 0 Å². The van der Waals surface area contributed by atoms with Crippen molar-refractivity contribution < 1.29 is 25.2 Å². The molecular formula is C44H87NO5. The highest BCUT2D eigenvalue weighted by atomic mass is 16.3. The normalized spacial score (nSPS) is 14.3. The maximum atomic E-state index is 12.4. The second kappa shape index (κ2) is 39.3. The number of aliphatic hydroxyl groups is 4. The molecule has 4 atom stereocenters. The van der Waals surface area contributed by atoms with E-state index in [4.69, 9.17) is 0 Å². The van der Waals surface area contributed by atoms with Crippen LogP contribution in [0.25, 0.3) is 0 Å². The molecule has 1 amide bonds. The summed E-state index contributed by atoms with van der Waals surface area (Å²) in [5.41, 5.74) is 0. The lowest BCUT2D eigenvalue weighted by Gasteiger charge is -2.27. The molecule has 0 fully saturated rings. The fourth-order valence-corrected chi connectivity index (χ4v) is 6.91. The van der Waals surface area contributed by atoms with Gasteiger partial charge in [-0.25, -0.2) is 0 Å². The standard InChI is InChI=1S/C44H87NO5/c1-3-5-7-9-11-13-15-16-17-18-19-20-21-22-23-24-25-26-27-28-30-31-33-35-37-41(47)43(49)40(39-46)45-44(50)42(48)38-36-34-32-29-14-12-10-8-6-4-2/h10,12,40-43,46-49H,3-9,11,13-39H2,1-2H3,(H,45,50)/b12-10-. The van der Waals surface area contributed by atoms with E-state index in [9.17, 15) is 25.2 Å². The van der Waals surface area contributed by atoms with E-state index in [1.807, 2.05) is 0 Å². The second-order valence-electron chi connectivity index (χ2n) is 15.4. The highest BCUT2D eigenvalue weighted by Crippen LogP contribution is 2.17. The molecular weight excluding hydrogens is 622 g/mol. The molecule has 0 radical (unpaired) electrons. The number of nitrogens with one attached hydrogen (secondary N) is 1. The Kier molecular flexibility index (Phi) is 38.5. The minimum Gasteiger partial charge on any atom is -0.394 e. The average Bonchev–Trinajstić information content (AvgIpc) is 3.12. The van der Waals surface area contributed by atoms with Gasteiger partial charge in [0, 0.05) is 0 Å². The first-order chi connectivity index (χ1) is 24.5. The summed E-state index contributed by atoms with van der Waals surface area (Å²) in [5, 5.41) is 43.5. The smallest absolute Gasteiger partial charge is 0.249 e. The zero-order valence-corrected chi connectivity index (χ0v) is 33.4. The van der Waals surface area contributed by atoms with Crippen molar-refractivity contribution in [1.29, 1.82) is 0 Å². The molecule has 0 aromatic heterocycles. The summed E-state index contributed by atoms with van der Waals surface area (Å²) in [6.45, 7) is 4.00. The third-order valence-corrected chi connectivity index (χ3v) is 10.5. The van der Waals surface area contributed by atoms with Crippen LogP contribution in [0, 0.1) is 0 Å². The zero-order valence-electron chi connectivity index (χ0n) is 33.4. The number of rotatable bonds is 40. The maximum absolute atomic E-state index is 12.4. The molecule has 4 unspecified atom stereocenters. The monoisotopic (exact) mass is 710 g/mol. The zero-order chi connectivity index (χ0) is 36.8. The van der Waals surface area contributed by atoms with Crippen molar-refractivity contribution in [1.82, 2.24) is 5.32 Å². The lowest BCUT2D eigenvalue weighted by atomic mass is 9.99. The summed E-state index contributed by atoms with van der Waals surface area (Å²) >= 11 is 0. The number of hydrogen-bond donors (Lipinski definition) is 5. The van der Waals surface area contributed by atoms with Gasteiger partial charge in [0.1, 0.15) is 12.2 Å². The molecule has 0 spiro atoms. The van der Waals surface area contributed by atoms with Crippen LogP contribution in [-0.4, -0.2) is 57.3 Å². The molecule has 0 aliphatic rings. The Bertz CT molecular complexity index is 717. The topological polar surface area (TPSA) is 110 Å². The fraction of sp³-hybridized carbons (Fsp3) is 0.932. The van der Waals surface area contributed by atoms with Crippen LogP contribution in [0.4, 0.5) is 0 Å². The van der Waals surface area contributed by atoms with Crippen LogP contribution >= 0.6 is 0 Å². The predicted octanol–water partition coefficient (Wildman–Crippen LogP) is 11.4. The molecule has 0 aliphatic carbocycles. The molecule has 0 rings (SSSR count). The summed E-state index contributed by atoms with van der Waals surface area (Å²) in [7, 11) is 0. The molecule has 298 valence electrons. The van der Waals surface area contributed by atoms with Crippen molar-refractivity contribution in [2.24, 2.45) is 0 Å². The van der Waals surface area contributed by atoms with E-state index in [1.54, 1.807) is 0 Å². The number of carbonyl (C=O) groups excluding carboxylic acids is 1. The van der Waals surface area contributed by atoms with E-state index in [2.05, 4.69) is 31.3 Å². The van der Waals surface area contributed by atoms with Gasteiger partial charge in [0.05, 0.1) is 18.8 Å². The summed E-state index contributed by atoms with van der Waals surface area (Å²) in [6, 6.07) is -0.985. The lowest BCUT2D eigenvalue weighted by Crippen LogP contribution is -2.53. The van der Waals surface area contributed by atoms with Gasteiger partial charge in [0.25, 0.3) is 0 Å². The van der Waals surface area contributed by atoms with Gasteiger partial charge in [-0.15, -0.1) is 0 Å². The molecule has 5 N–H and O–H groups in total. The molecule has 0 saturated carbocycles. The van der Waals surface area contributed by atoms with Gasteiger partial charge in [0.2, 0.25) is 5.91 Å². The molecule has 6 nitrogen and oxygen atoms in total. The number of allylic oxidation sites excluding steroid dienone is 2. The van der Waals surface area contributed by atoms with Gasteiger partial charge < -0.3 is 25.7 Å². The van der Waals surface area contributed by atoms with Crippen LogP contribution in [0.5, 0.6) is 0 Å². The quantitative estimate of drug-likeness (QED) is 0.0321. The van der Waals surface area contributed by atoms with E-state index in [-0.39, 0.29) is 0 Å². The molecule has 6 heteroatoms. The Hall–Kier alpha value is -0.950. The van der Waals surface area contributed by atoms with Gasteiger partial charge >= 0.3 is 0 Å². The van der Waals surface area contributed by atoms with Crippen molar-refractivity contribution in [3.63, 3.8) is 0 Å². The first-order valence-electron chi connectivity index (χ1n) is 22.1. The van der Waals surface area contributed by atoms with Gasteiger partial charge in [-0.3, -0.25) is 4.79 Å². The summed E-state index contributed by atoms with van der Waals surface area (Å²) in [6.07, 6.45) is 42.6. The third kappa shape index (κ3) is 32.9. The second-order valence-corrected chi connectivity index (χ2v) is 15.4. The highest BCUT2D eigenvalue weighted by molar-refractivity contribution is 5.80. The molecule has 0 aliphatic heterocycles. The third-order valence-electron chi connectivity index (χ3n) is 10.5. The van der Waals surface area contributed by atoms with Crippen molar-refractivity contribution in [3.8, 4) is 0 Å². The summed E-state index contributed by atoms with van der Waals surface area (Å²) < 4.78 is 0. The summed E-state index contributed by atoms with van der Waals surface area (Å²) in [5.74, 6) is -0.594. The van der Waals surface area contributed by atoms with Crippen molar-refractivity contribution in [2.75, 3.05) is 6.61 Å². The van der Waals surface area contributed by atoms with Gasteiger partial charge in [0.15, 0.2) is 0 Å². The first kappa shape index (κ1) is 49.0. The van der Waals surface area contributed by atoms with Crippen LogP contribution in [-0.2, 0) is 4.79 Å². The van der Waals surface area contributed by atoms with E-state index in [1.165, 1.54) is 148 Å². The van der Waals surface area contributed by atoms with Crippen molar-refractivity contribution in [3.05, 3.63) is 12.2 Å². The highest BCUT2D eigenvalue weighted by Gasteiger charge is 2.28. The van der Waals surface area contributed by atoms with Crippen LogP contribution in [0.1, 0.15) is 232 Å². The average molecular weight is 710 g/mol. The largest absolute Gasteiger partial charge is 0.394 e. The van der Waals surface area contributed by atoms with Crippen molar-refractivity contribution >= 4 is 5.91 Å². The van der Waals surface area contributed by atoms with Crippen LogP contribution in [0.2, 0.25) is 0 Å². The number of aliphatic hydroxyl groups excluding tert-OH is 4. The molecule has 0 saturated heterocycles. The van der Waals surface area contributed by atoms with Crippen LogP contribution < -0.4 is 5.32 Å². The predicted molar refractivity (Wildman–Crippen MR) is 215 cm³/mol. The molecule has 50 heavy (non-hydrogen) atoms. The minimum absolute atomic E-state index is 0.356. The van der Waals surface area contributed by atoms with E-state index in [0.717, 1.165) is 57.8 Å². The van der Waals surface area contributed by atoms with Gasteiger partial charge in [-0.2, -0.15) is 0 Å². The minimum atomic E-state index is -1.26.